The lowest BCUT2D eigenvalue weighted by Crippen LogP contribution is -2.52. The molecule has 0 spiro atoms. The Morgan fingerprint density at radius 1 is 0.805 bits per heavy atom. The van der Waals surface area contributed by atoms with Crippen molar-refractivity contribution < 1.29 is 48.2 Å². The van der Waals surface area contributed by atoms with E-state index in [2.05, 4.69) is 22.5 Å². The van der Waals surface area contributed by atoms with Crippen molar-refractivity contribution in [2.45, 2.75) is 63.6 Å². The third-order valence-corrected chi connectivity index (χ3v) is 5.22. The number of nitrogens with zero attached hydrogens (tertiary/aromatic N) is 1. The number of ether oxygens (including phenoxy) is 2. The van der Waals surface area contributed by atoms with E-state index in [1.54, 1.807) is 0 Å². The number of hydrogen-bond donors (Lipinski definition) is 6. The summed E-state index contributed by atoms with van der Waals surface area (Å²) < 4.78 is 9.86. The van der Waals surface area contributed by atoms with Gasteiger partial charge < -0.3 is 41.4 Å². The van der Waals surface area contributed by atoms with Crippen LogP contribution in [0.25, 0.3) is 0 Å². The Labute approximate surface area is 237 Å². The number of carbonyl (C=O) groups excluding carboxylic acids is 7. The van der Waals surface area contributed by atoms with Crippen LogP contribution in [0.2, 0.25) is 0 Å². The van der Waals surface area contributed by atoms with Crippen molar-refractivity contribution in [3.05, 3.63) is 12.7 Å². The van der Waals surface area contributed by atoms with Crippen LogP contribution in [0.1, 0.15) is 45.4 Å². The number of nitrogens with one attached hydrogen (secondary N) is 5. The number of carbonyl (C=O) groups is 7. The van der Waals surface area contributed by atoms with E-state index >= 15 is 0 Å². The number of Topliss-reactive ketones (excluding diaryl/α,β-unsaturated/α-hetero) is 2. The standard InChI is InChI=1S/C25H38N6O10/c1-4-12-41-25(38)19(29-22(35)15-31(3)39)10-11-21(34)28-18(8-6-16(32)13-26)23(36)30-20(24(37)40-5-2)9-7-17(33)14-27/h4,13-14,18-20,26-27,39H,1,5-12,15H2,2-3H3,(H,28,34)(H,29,35)(H,30,36)/t18-,19-,20-/m0/s1. The summed E-state index contributed by atoms with van der Waals surface area (Å²) in [6.07, 6.45) is 0.815. The summed E-state index contributed by atoms with van der Waals surface area (Å²) in [5.41, 5.74) is 0. The number of amides is 3. The molecule has 0 fully saturated rings. The molecule has 3 atom stereocenters. The Hall–Kier alpha value is -4.31. The van der Waals surface area contributed by atoms with Crippen LogP contribution in [0.3, 0.4) is 0 Å². The van der Waals surface area contributed by atoms with Gasteiger partial charge in [-0.15, -0.1) is 0 Å². The maximum Gasteiger partial charge on any atom is 0.328 e. The maximum atomic E-state index is 13.0. The molecule has 0 aromatic rings. The molecule has 6 N–H and O–H groups in total. The van der Waals surface area contributed by atoms with Crippen molar-refractivity contribution in [2.75, 3.05) is 26.8 Å². The lowest BCUT2D eigenvalue weighted by molar-refractivity contribution is -0.148. The van der Waals surface area contributed by atoms with Crippen molar-refractivity contribution in [2.24, 2.45) is 0 Å². The number of hydroxylamine groups is 2. The van der Waals surface area contributed by atoms with E-state index in [1.807, 2.05) is 0 Å². The molecule has 0 aliphatic rings. The van der Waals surface area contributed by atoms with Crippen molar-refractivity contribution >= 4 is 53.7 Å². The quantitative estimate of drug-likeness (QED) is 0.0384. The third kappa shape index (κ3) is 16.4. The molecule has 0 bridgehead atoms. The minimum absolute atomic E-state index is 0.0146. The van der Waals surface area contributed by atoms with Gasteiger partial charge in [-0.1, -0.05) is 12.7 Å². The predicted octanol–water partition coefficient (Wildman–Crippen LogP) is -1.17. The fourth-order valence-corrected chi connectivity index (χ4v) is 3.23. The third-order valence-electron chi connectivity index (χ3n) is 5.22. The average molecular weight is 583 g/mol. The number of rotatable bonds is 22. The van der Waals surface area contributed by atoms with Gasteiger partial charge in [-0.3, -0.25) is 24.0 Å². The van der Waals surface area contributed by atoms with E-state index in [9.17, 15) is 38.8 Å². The van der Waals surface area contributed by atoms with Crippen LogP contribution in [0.15, 0.2) is 12.7 Å². The van der Waals surface area contributed by atoms with E-state index in [1.165, 1.54) is 20.0 Å². The fraction of sp³-hybridized carbons (Fsp3) is 0.560. The van der Waals surface area contributed by atoms with Gasteiger partial charge in [-0.05, 0) is 26.2 Å². The molecule has 3 amide bonds. The van der Waals surface area contributed by atoms with Gasteiger partial charge in [0.25, 0.3) is 0 Å². The number of likely N-dealkylation sites (N-methyl/N-ethyl adjacent to an activating group) is 1. The van der Waals surface area contributed by atoms with Gasteiger partial charge in [-0.2, -0.15) is 5.06 Å². The first-order valence-electron chi connectivity index (χ1n) is 12.7. The monoisotopic (exact) mass is 582 g/mol. The van der Waals surface area contributed by atoms with Gasteiger partial charge >= 0.3 is 11.9 Å². The van der Waals surface area contributed by atoms with Crippen LogP contribution in [0.4, 0.5) is 0 Å². The first-order valence-corrected chi connectivity index (χ1v) is 12.7. The van der Waals surface area contributed by atoms with Crippen LogP contribution >= 0.6 is 0 Å². The van der Waals surface area contributed by atoms with Gasteiger partial charge in [-0.25, -0.2) is 9.59 Å². The van der Waals surface area contributed by atoms with Crippen molar-refractivity contribution in [3.8, 4) is 0 Å². The Morgan fingerprint density at radius 3 is 1.80 bits per heavy atom. The topological polar surface area (TPSA) is 245 Å². The van der Waals surface area contributed by atoms with Crippen LogP contribution in [-0.2, 0) is 43.0 Å². The zero-order valence-electron chi connectivity index (χ0n) is 23.1. The smallest absolute Gasteiger partial charge is 0.328 e. The molecule has 41 heavy (non-hydrogen) atoms. The second-order valence-electron chi connectivity index (χ2n) is 8.63. The molecule has 228 valence electrons. The van der Waals surface area contributed by atoms with E-state index in [-0.39, 0.29) is 51.7 Å². The molecule has 0 aliphatic carbocycles. The van der Waals surface area contributed by atoms with Crippen LogP contribution < -0.4 is 16.0 Å². The van der Waals surface area contributed by atoms with E-state index in [0.29, 0.717) is 17.5 Å². The summed E-state index contributed by atoms with van der Waals surface area (Å²) in [7, 11) is 1.21. The Bertz CT molecular complexity index is 984. The van der Waals surface area contributed by atoms with Gasteiger partial charge in [0.1, 0.15) is 31.3 Å². The second kappa shape index (κ2) is 20.6. The lowest BCUT2D eigenvalue weighted by atomic mass is 10.0. The normalized spacial score (nSPS) is 12.6. The maximum absolute atomic E-state index is 13.0. The highest BCUT2D eigenvalue weighted by Crippen LogP contribution is 2.07. The van der Waals surface area contributed by atoms with Crippen molar-refractivity contribution in [1.29, 1.82) is 10.8 Å². The number of ketones is 2. The highest BCUT2D eigenvalue weighted by Gasteiger charge is 2.29. The SMILES string of the molecule is C=CCOC(=O)[C@H](CCC(=O)N[C@@H](CCC(=O)C=N)C(=O)N[C@@H](CCC(=O)C=N)C(=O)OCC)NC(=O)CN(C)O. The first kappa shape index (κ1) is 36.7. The van der Waals surface area contributed by atoms with E-state index in [4.69, 9.17) is 20.3 Å². The summed E-state index contributed by atoms with van der Waals surface area (Å²) in [5, 5.41) is 31.0. The zero-order valence-corrected chi connectivity index (χ0v) is 23.1. The molecule has 16 heteroatoms. The highest BCUT2D eigenvalue weighted by molar-refractivity contribution is 6.26. The summed E-state index contributed by atoms with van der Waals surface area (Å²) in [6.45, 7) is 4.32. The zero-order chi connectivity index (χ0) is 31.4. The molecular weight excluding hydrogens is 544 g/mol. The Balaban J connectivity index is 5.61. The molecule has 0 unspecified atom stereocenters. The number of esters is 2. The molecular formula is C25H38N6O10. The molecule has 0 rings (SSSR count). The van der Waals surface area contributed by atoms with Gasteiger partial charge in [0.2, 0.25) is 17.7 Å². The van der Waals surface area contributed by atoms with E-state index < -0.39 is 65.9 Å². The lowest BCUT2D eigenvalue weighted by Gasteiger charge is -2.23. The minimum atomic E-state index is -1.36. The van der Waals surface area contributed by atoms with Crippen LogP contribution in [-0.4, -0.2) is 109 Å². The number of hydrogen-bond acceptors (Lipinski definition) is 13. The average Bonchev–Trinajstić information content (AvgIpc) is 2.92. The van der Waals surface area contributed by atoms with Gasteiger partial charge in [0.15, 0.2) is 11.6 Å². The van der Waals surface area contributed by atoms with Gasteiger partial charge in [0.05, 0.1) is 19.0 Å². The van der Waals surface area contributed by atoms with E-state index in [0.717, 1.165) is 0 Å². The van der Waals surface area contributed by atoms with Gasteiger partial charge in [0, 0.05) is 26.3 Å². The van der Waals surface area contributed by atoms with Crippen molar-refractivity contribution in [3.63, 3.8) is 0 Å². The molecule has 0 saturated carbocycles. The molecule has 16 nitrogen and oxygen atoms in total. The largest absolute Gasteiger partial charge is 0.464 e. The molecule has 0 aromatic heterocycles. The Kier molecular flexibility index (Phi) is 18.4. The summed E-state index contributed by atoms with van der Waals surface area (Å²) in [5.74, 6) is -5.29. The minimum Gasteiger partial charge on any atom is -0.464 e. The summed E-state index contributed by atoms with van der Waals surface area (Å²) in [6, 6.07) is -3.92. The molecule has 0 radical (unpaired) electrons. The van der Waals surface area contributed by atoms with Crippen molar-refractivity contribution in [1.82, 2.24) is 21.0 Å². The summed E-state index contributed by atoms with van der Waals surface area (Å²) in [4.78, 5) is 85.7. The fourth-order valence-electron chi connectivity index (χ4n) is 3.23. The molecule has 0 aliphatic heterocycles. The van der Waals surface area contributed by atoms with Crippen LogP contribution in [0.5, 0.6) is 0 Å². The molecule has 0 aromatic carbocycles. The molecule has 0 heterocycles. The Morgan fingerprint density at radius 2 is 1.29 bits per heavy atom. The summed E-state index contributed by atoms with van der Waals surface area (Å²) >= 11 is 0. The van der Waals surface area contributed by atoms with Crippen LogP contribution in [0, 0.1) is 10.8 Å². The predicted molar refractivity (Wildman–Crippen MR) is 143 cm³/mol. The molecule has 0 saturated heterocycles. The first-order chi connectivity index (χ1) is 19.4. The second-order valence-corrected chi connectivity index (χ2v) is 8.63. The highest BCUT2D eigenvalue weighted by atomic mass is 16.5.